The highest BCUT2D eigenvalue weighted by atomic mass is 16.5. The van der Waals surface area contributed by atoms with E-state index in [-0.39, 0.29) is 13.2 Å². The van der Waals surface area contributed by atoms with Crippen LogP contribution < -0.4 is 5.32 Å². The van der Waals surface area contributed by atoms with Gasteiger partial charge in [-0.25, -0.2) is 0 Å². The molecular weight excluding hydrogens is 182 g/mol. The van der Waals surface area contributed by atoms with Gasteiger partial charge in [0, 0.05) is 0 Å². The molecule has 0 atom stereocenters. The molecule has 0 unspecified atom stereocenters. The van der Waals surface area contributed by atoms with Gasteiger partial charge in [-0.1, -0.05) is 30.3 Å². The van der Waals surface area contributed by atoms with E-state index >= 15 is 0 Å². The van der Waals surface area contributed by atoms with Crippen molar-refractivity contribution in [2.24, 2.45) is 0 Å². The van der Waals surface area contributed by atoms with Crippen LogP contribution in [0, 0.1) is 0 Å². The first-order valence-electron chi connectivity index (χ1n) is 4.19. The summed E-state index contributed by atoms with van der Waals surface area (Å²) in [6.07, 6.45) is 0.462. The van der Waals surface area contributed by atoms with E-state index in [4.69, 9.17) is 4.74 Å². The molecule has 1 aromatic rings. The molecule has 4 heteroatoms. The number of benzene rings is 1. The Kier molecular flexibility index (Phi) is 4.20. The number of nitrogens with one attached hydrogen (secondary N) is 1. The first-order chi connectivity index (χ1) is 6.83. The van der Waals surface area contributed by atoms with Crippen LogP contribution in [0.25, 0.3) is 0 Å². The average Bonchev–Trinajstić information content (AvgIpc) is 2.25. The second-order valence-corrected chi connectivity index (χ2v) is 2.65. The molecule has 1 N–H and O–H groups in total. The number of hydrogen-bond donors (Lipinski definition) is 1. The molecule has 0 saturated carbocycles. The summed E-state index contributed by atoms with van der Waals surface area (Å²) in [6, 6.07) is 9.35. The Morgan fingerprint density at radius 2 is 2.07 bits per heavy atom. The molecule has 0 saturated heterocycles. The van der Waals surface area contributed by atoms with E-state index < -0.39 is 5.97 Å². The van der Waals surface area contributed by atoms with Gasteiger partial charge in [0.05, 0.1) is 0 Å². The van der Waals surface area contributed by atoms with E-state index in [0.29, 0.717) is 6.41 Å². The Hall–Kier alpha value is -1.84. The summed E-state index contributed by atoms with van der Waals surface area (Å²) in [4.78, 5) is 20.8. The fourth-order valence-electron chi connectivity index (χ4n) is 0.914. The topological polar surface area (TPSA) is 55.4 Å². The van der Waals surface area contributed by atoms with Crippen LogP contribution in [0.4, 0.5) is 0 Å². The highest BCUT2D eigenvalue weighted by molar-refractivity contribution is 5.73. The summed E-state index contributed by atoms with van der Waals surface area (Å²) in [6.45, 7) is 0.149. The first-order valence-corrected chi connectivity index (χ1v) is 4.19. The maximum absolute atomic E-state index is 10.9. The van der Waals surface area contributed by atoms with Crippen LogP contribution in [0.2, 0.25) is 0 Å². The zero-order valence-corrected chi connectivity index (χ0v) is 7.60. The van der Waals surface area contributed by atoms with Crippen molar-refractivity contribution >= 4 is 12.4 Å². The lowest BCUT2D eigenvalue weighted by Crippen LogP contribution is -2.23. The molecular formula is C10H11NO3. The van der Waals surface area contributed by atoms with Gasteiger partial charge in [-0.2, -0.15) is 0 Å². The van der Waals surface area contributed by atoms with Gasteiger partial charge >= 0.3 is 5.97 Å². The SMILES string of the molecule is O=CNCC(=O)OCc1ccccc1. The summed E-state index contributed by atoms with van der Waals surface area (Å²) in [7, 11) is 0. The molecule has 1 rings (SSSR count). The second-order valence-electron chi connectivity index (χ2n) is 2.65. The van der Waals surface area contributed by atoms with Crippen LogP contribution in [0.5, 0.6) is 0 Å². The monoisotopic (exact) mass is 193 g/mol. The highest BCUT2D eigenvalue weighted by Gasteiger charge is 2.00. The normalized spacial score (nSPS) is 9.14. The number of hydrogen-bond acceptors (Lipinski definition) is 3. The van der Waals surface area contributed by atoms with E-state index in [1.165, 1.54) is 0 Å². The van der Waals surface area contributed by atoms with Crippen LogP contribution in [-0.4, -0.2) is 18.9 Å². The van der Waals surface area contributed by atoms with Gasteiger partial charge in [0.25, 0.3) is 0 Å². The minimum Gasteiger partial charge on any atom is -0.460 e. The Balaban J connectivity index is 2.27. The number of esters is 1. The zero-order valence-electron chi connectivity index (χ0n) is 7.60. The second kappa shape index (κ2) is 5.75. The molecule has 1 aromatic carbocycles. The number of ether oxygens (including phenoxy) is 1. The maximum Gasteiger partial charge on any atom is 0.325 e. The third kappa shape index (κ3) is 3.71. The van der Waals surface area contributed by atoms with Crippen molar-refractivity contribution in [1.82, 2.24) is 5.32 Å². The molecule has 0 aliphatic rings. The molecule has 4 nitrogen and oxygen atoms in total. The maximum atomic E-state index is 10.9. The lowest BCUT2D eigenvalue weighted by molar-refractivity contribution is -0.144. The number of carbonyl (C=O) groups excluding carboxylic acids is 2. The van der Waals surface area contributed by atoms with E-state index in [2.05, 4.69) is 5.32 Å². The minimum atomic E-state index is -0.444. The quantitative estimate of drug-likeness (QED) is 0.546. The molecule has 74 valence electrons. The molecule has 0 aromatic heterocycles. The third-order valence-corrected chi connectivity index (χ3v) is 1.57. The molecule has 0 spiro atoms. The van der Waals surface area contributed by atoms with Crippen LogP contribution >= 0.6 is 0 Å². The van der Waals surface area contributed by atoms with Crippen molar-refractivity contribution in [2.45, 2.75) is 6.61 Å². The van der Waals surface area contributed by atoms with Gasteiger partial charge in [0.15, 0.2) is 0 Å². The van der Waals surface area contributed by atoms with Gasteiger partial charge in [0.1, 0.15) is 13.2 Å². The predicted molar refractivity (Wildman–Crippen MR) is 50.3 cm³/mol. The Morgan fingerprint density at radius 1 is 1.36 bits per heavy atom. The van der Waals surface area contributed by atoms with E-state index in [0.717, 1.165) is 5.56 Å². The summed E-state index contributed by atoms with van der Waals surface area (Å²) < 4.78 is 4.87. The van der Waals surface area contributed by atoms with Gasteiger partial charge in [-0.05, 0) is 5.56 Å². The van der Waals surface area contributed by atoms with Gasteiger partial charge in [-0.3, -0.25) is 9.59 Å². The largest absolute Gasteiger partial charge is 0.460 e. The van der Waals surface area contributed by atoms with Crippen LogP contribution in [0.15, 0.2) is 30.3 Å². The molecule has 0 heterocycles. The molecule has 14 heavy (non-hydrogen) atoms. The van der Waals surface area contributed by atoms with Crippen molar-refractivity contribution in [2.75, 3.05) is 6.54 Å². The Morgan fingerprint density at radius 3 is 2.71 bits per heavy atom. The van der Waals surface area contributed by atoms with Crippen molar-refractivity contribution in [1.29, 1.82) is 0 Å². The molecule has 0 bridgehead atoms. The number of carbonyl (C=O) groups is 2. The summed E-state index contributed by atoms with van der Waals surface area (Å²) in [5, 5.41) is 2.23. The predicted octanol–water partition coefficient (Wildman–Crippen LogP) is 0.476. The molecule has 0 aliphatic carbocycles. The summed E-state index contributed by atoms with van der Waals surface area (Å²) in [5.41, 5.74) is 0.923. The highest BCUT2D eigenvalue weighted by Crippen LogP contribution is 1.99. The molecule has 0 aliphatic heterocycles. The summed E-state index contributed by atoms with van der Waals surface area (Å²) >= 11 is 0. The lowest BCUT2D eigenvalue weighted by Gasteiger charge is -2.03. The zero-order chi connectivity index (χ0) is 10.2. The smallest absolute Gasteiger partial charge is 0.325 e. The van der Waals surface area contributed by atoms with Crippen molar-refractivity contribution in [3.05, 3.63) is 35.9 Å². The Labute approximate surface area is 81.9 Å². The Bertz CT molecular complexity index is 297. The van der Waals surface area contributed by atoms with Crippen LogP contribution in [0.3, 0.4) is 0 Å². The fraction of sp³-hybridized carbons (Fsp3) is 0.200. The first kappa shape index (κ1) is 10.2. The van der Waals surface area contributed by atoms with Gasteiger partial charge in [0.2, 0.25) is 6.41 Å². The van der Waals surface area contributed by atoms with Crippen LogP contribution in [0.1, 0.15) is 5.56 Å². The minimum absolute atomic E-state index is 0.0870. The van der Waals surface area contributed by atoms with Gasteiger partial charge in [-0.15, -0.1) is 0 Å². The van der Waals surface area contributed by atoms with Gasteiger partial charge < -0.3 is 10.1 Å². The van der Waals surface area contributed by atoms with Crippen LogP contribution in [-0.2, 0) is 20.9 Å². The number of rotatable bonds is 5. The fourth-order valence-corrected chi connectivity index (χ4v) is 0.914. The standard InChI is InChI=1S/C10H11NO3/c12-8-11-6-10(13)14-7-9-4-2-1-3-5-9/h1-5,8H,6-7H2,(H,11,12). The van der Waals surface area contributed by atoms with Crippen molar-refractivity contribution < 1.29 is 14.3 Å². The van der Waals surface area contributed by atoms with Crippen molar-refractivity contribution in [3.63, 3.8) is 0 Å². The molecule has 0 radical (unpaired) electrons. The molecule has 0 fully saturated rings. The van der Waals surface area contributed by atoms with E-state index in [1.807, 2.05) is 30.3 Å². The lowest BCUT2D eigenvalue weighted by atomic mass is 10.2. The molecule has 1 amide bonds. The summed E-state index contributed by atoms with van der Waals surface area (Å²) in [5.74, 6) is -0.444. The van der Waals surface area contributed by atoms with E-state index in [9.17, 15) is 9.59 Å². The third-order valence-electron chi connectivity index (χ3n) is 1.57. The van der Waals surface area contributed by atoms with Crippen molar-refractivity contribution in [3.8, 4) is 0 Å². The number of amides is 1. The average molecular weight is 193 g/mol. The van der Waals surface area contributed by atoms with E-state index in [1.54, 1.807) is 0 Å².